The highest BCUT2D eigenvalue weighted by molar-refractivity contribution is 7.13. The molecule has 2 aromatic carbocycles. The molecular formula is C23H21ClN2O3S. The Morgan fingerprint density at radius 3 is 2.47 bits per heavy atom. The standard InChI is InChI=1S/C23H21ClN2O3S/c24-19-8-6-17(7-9-19)22(27)26-12-10-18(11-13-26)23(28)29-14-20-15-30-21(25-20)16-4-2-1-3-5-16/h1-9,15,18H,10-14H2. The Bertz CT molecular complexity index is 1010. The molecule has 1 amide bonds. The number of thiazole rings is 1. The van der Waals surface area contributed by atoms with Crippen molar-refractivity contribution >= 4 is 34.8 Å². The summed E-state index contributed by atoms with van der Waals surface area (Å²) in [6.07, 6.45) is 1.20. The first-order chi connectivity index (χ1) is 14.6. The number of benzene rings is 2. The highest BCUT2D eigenvalue weighted by Gasteiger charge is 2.29. The van der Waals surface area contributed by atoms with Gasteiger partial charge in [0.15, 0.2) is 0 Å². The number of nitrogens with zero attached hydrogens (tertiary/aromatic N) is 2. The summed E-state index contributed by atoms with van der Waals surface area (Å²) in [4.78, 5) is 31.4. The number of halogens is 1. The average molecular weight is 441 g/mol. The average Bonchev–Trinajstić information content (AvgIpc) is 3.27. The van der Waals surface area contributed by atoms with Gasteiger partial charge in [-0.1, -0.05) is 41.9 Å². The van der Waals surface area contributed by atoms with Gasteiger partial charge in [0.25, 0.3) is 5.91 Å². The van der Waals surface area contributed by atoms with E-state index in [1.807, 2.05) is 35.7 Å². The van der Waals surface area contributed by atoms with Crippen LogP contribution in [0.15, 0.2) is 60.0 Å². The Kier molecular flexibility index (Phi) is 6.45. The van der Waals surface area contributed by atoms with Crippen LogP contribution in [0, 0.1) is 5.92 Å². The Balaban J connectivity index is 1.26. The van der Waals surface area contributed by atoms with Crippen LogP contribution < -0.4 is 0 Å². The van der Waals surface area contributed by atoms with E-state index in [0.29, 0.717) is 36.5 Å². The van der Waals surface area contributed by atoms with Crippen LogP contribution in [0.2, 0.25) is 5.02 Å². The van der Waals surface area contributed by atoms with Crippen molar-refractivity contribution in [3.8, 4) is 10.6 Å². The number of carbonyl (C=O) groups is 2. The second-order valence-electron chi connectivity index (χ2n) is 7.19. The van der Waals surface area contributed by atoms with Gasteiger partial charge in [0.2, 0.25) is 0 Å². The van der Waals surface area contributed by atoms with Gasteiger partial charge in [-0.25, -0.2) is 4.98 Å². The molecule has 0 aliphatic carbocycles. The van der Waals surface area contributed by atoms with Gasteiger partial charge in [0, 0.05) is 34.6 Å². The number of likely N-dealkylation sites (tertiary alicyclic amines) is 1. The summed E-state index contributed by atoms with van der Waals surface area (Å²) in [5.41, 5.74) is 2.42. The van der Waals surface area contributed by atoms with Crippen LogP contribution in [0.3, 0.4) is 0 Å². The molecule has 1 aliphatic heterocycles. The molecule has 5 nitrogen and oxygen atoms in total. The van der Waals surface area contributed by atoms with Crippen molar-refractivity contribution in [2.45, 2.75) is 19.4 Å². The van der Waals surface area contributed by atoms with E-state index in [1.54, 1.807) is 29.2 Å². The number of rotatable bonds is 5. The van der Waals surface area contributed by atoms with E-state index < -0.39 is 0 Å². The van der Waals surface area contributed by atoms with Gasteiger partial charge in [0.05, 0.1) is 11.6 Å². The zero-order valence-corrected chi connectivity index (χ0v) is 17.9. The minimum absolute atomic E-state index is 0.0330. The summed E-state index contributed by atoms with van der Waals surface area (Å²) >= 11 is 7.42. The molecule has 0 spiro atoms. The second-order valence-corrected chi connectivity index (χ2v) is 8.49. The van der Waals surface area contributed by atoms with E-state index in [1.165, 1.54) is 11.3 Å². The Morgan fingerprint density at radius 1 is 1.07 bits per heavy atom. The van der Waals surface area contributed by atoms with E-state index in [0.717, 1.165) is 16.3 Å². The highest BCUT2D eigenvalue weighted by Crippen LogP contribution is 2.25. The minimum atomic E-state index is -0.220. The van der Waals surface area contributed by atoms with E-state index in [4.69, 9.17) is 16.3 Å². The topological polar surface area (TPSA) is 59.5 Å². The number of carbonyl (C=O) groups excluding carboxylic acids is 2. The molecule has 4 rings (SSSR count). The Morgan fingerprint density at radius 2 is 1.77 bits per heavy atom. The van der Waals surface area contributed by atoms with Crippen molar-refractivity contribution < 1.29 is 14.3 Å². The molecule has 7 heteroatoms. The molecule has 0 radical (unpaired) electrons. The largest absolute Gasteiger partial charge is 0.459 e. The first kappa shape index (κ1) is 20.6. The first-order valence-corrected chi connectivity index (χ1v) is 11.1. The number of hydrogen-bond donors (Lipinski definition) is 0. The second kappa shape index (κ2) is 9.41. The molecule has 0 unspecified atom stereocenters. The van der Waals surface area contributed by atoms with Gasteiger partial charge in [-0.3, -0.25) is 9.59 Å². The van der Waals surface area contributed by atoms with Crippen molar-refractivity contribution in [1.29, 1.82) is 0 Å². The van der Waals surface area contributed by atoms with E-state index in [-0.39, 0.29) is 24.4 Å². The van der Waals surface area contributed by atoms with Gasteiger partial charge in [-0.2, -0.15) is 0 Å². The Labute approximate surface area is 184 Å². The van der Waals surface area contributed by atoms with Crippen LogP contribution in [0.25, 0.3) is 10.6 Å². The predicted molar refractivity (Wildman–Crippen MR) is 117 cm³/mol. The van der Waals surface area contributed by atoms with Gasteiger partial charge in [0.1, 0.15) is 11.6 Å². The summed E-state index contributed by atoms with van der Waals surface area (Å²) < 4.78 is 5.50. The zero-order valence-electron chi connectivity index (χ0n) is 16.3. The molecule has 0 saturated carbocycles. The monoisotopic (exact) mass is 440 g/mol. The molecule has 154 valence electrons. The van der Waals surface area contributed by atoms with Crippen LogP contribution >= 0.6 is 22.9 Å². The van der Waals surface area contributed by atoms with Gasteiger partial charge in [-0.05, 0) is 37.1 Å². The fourth-order valence-corrected chi connectivity index (χ4v) is 4.38. The van der Waals surface area contributed by atoms with Crippen LogP contribution in [-0.4, -0.2) is 34.8 Å². The fourth-order valence-electron chi connectivity index (χ4n) is 3.44. The highest BCUT2D eigenvalue weighted by atomic mass is 35.5. The van der Waals surface area contributed by atoms with Crippen LogP contribution in [0.5, 0.6) is 0 Å². The third kappa shape index (κ3) is 4.89. The van der Waals surface area contributed by atoms with Gasteiger partial charge < -0.3 is 9.64 Å². The number of ether oxygens (including phenoxy) is 1. The molecular weight excluding hydrogens is 420 g/mol. The lowest BCUT2D eigenvalue weighted by Gasteiger charge is -2.31. The molecule has 30 heavy (non-hydrogen) atoms. The van der Waals surface area contributed by atoms with Crippen LogP contribution in [0.1, 0.15) is 28.9 Å². The lowest BCUT2D eigenvalue weighted by atomic mass is 9.96. The lowest BCUT2D eigenvalue weighted by molar-refractivity contribution is -0.151. The molecule has 0 atom stereocenters. The molecule has 1 saturated heterocycles. The summed E-state index contributed by atoms with van der Waals surface area (Å²) in [6.45, 7) is 1.25. The normalized spacial score (nSPS) is 14.5. The fraction of sp³-hybridized carbons (Fsp3) is 0.261. The van der Waals surface area contributed by atoms with E-state index in [9.17, 15) is 9.59 Å². The van der Waals surface area contributed by atoms with Crippen molar-refractivity contribution in [3.63, 3.8) is 0 Å². The molecule has 1 aromatic heterocycles. The Hall–Kier alpha value is -2.70. The number of piperidine rings is 1. The van der Waals surface area contributed by atoms with Crippen molar-refractivity contribution in [2.24, 2.45) is 5.92 Å². The maximum Gasteiger partial charge on any atom is 0.309 e. The predicted octanol–water partition coefficient (Wildman–Crippen LogP) is 5.06. The zero-order chi connectivity index (χ0) is 20.9. The number of amides is 1. The van der Waals surface area contributed by atoms with Gasteiger partial charge >= 0.3 is 5.97 Å². The maximum absolute atomic E-state index is 12.6. The van der Waals surface area contributed by atoms with Crippen LogP contribution in [0.4, 0.5) is 0 Å². The number of aromatic nitrogens is 1. The number of hydrogen-bond acceptors (Lipinski definition) is 5. The van der Waals surface area contributed by atoms with E-state index in [2.05, 4.69) is 4.98 Å². The SMILES string of the molecule is O=C(OCc1csc(-c2ccccc2)n1)C1CCN(C(=O)c2ccc(Cl)cc2)CC1. The van der Waals surface area contributed by atoms with Crippen molar-refractivity contribution in [3.05, 3.63) is 76.3 Å². The van der Waals surface area contributed by atoms with Crippen molar-refractivity contribution in [1.82, 2.24) is 9.88 Å². The quantitative estimate of drug-likeness (QED) is 0.520. The molecule has 1 aliphatic rings. The summed E-state index contributed by atoms with van der Waals surface area (Å²) in [7, 11) is 0. The minimum Gasteiger partial charge on any atom is -0.459 e. The third-order valence-corrected chi connectivity index (χ3v) is 6.33. The molecule has 3 aromatic rings. The summed E-state index contributed by atoms with van der Waals surface area (Å²) in [5, 5.41) is 3.43. The van der Waals surface area contributed by atoms with Gasteiger partial charge in [-0.15, -0.1) is 11.3 Å². The third-order valence-electron chi connectivity index (χ3n) is 5.14. The van der Waals surface area contributed by atoms with Crippen molar-refractivity contribution in [2.75, 3.05) is 13.1 Å². The summed E-state index contributed by atoms with van der Waals surface area (Å²) in [6, 6.07) is 16.8. The smallest absolute Gasteiger partial charge is 0.309 e. The molecule has 0 bridgehead atoms. The maximum atomic E-state index is 12.6. The molecule has 0 N–H and O–H groups in total. The first-order valence-electron chi connectivity index (χ1n) is 9.81. The lowest BCUT2D eigenvalue weighted by Crippen LogP contribution is -2.40. The van der Waals surface area contributed by atoms with E-state index >= 15 is 0 Å². The van der Waals surface area contributed by atoms with Crippen LogP contribution in [-0.2, 0) is 16.1 Å². The number of esters is 1. The summed E-state index contributed by atoms with van der Waals surface area (Å²) in [5.74, 6) is -0.441. The molecule has 2 heterocycles. The molecule has 1 fully saturated rings.